The van der Waals surface area contributed by atoms with Gasteiger partial charge in [-0.25, -0.2) is 4.79 Å². The SMILES string of the molecule is O=C1NC2(CO1)CC(C(=O)N1CC3CC3(c3ccc(OC(F)(F)F)cc3)C1)C2. The number of amides is 2. The van der Waals surface area contributed by atoms with Crippen LogP contribution < -0.4 is 10.1 Å². The fraction of sp³-hybridized carbons (Fsp3) is 0.579. The number of halogens is 3. The van der Waals surface area contributed by atoms with Crippen LogP contribution in [-0.2, 0) is 14.9 Å². The molecule has 9 heteroatoms. The van der Waals surface area contributed by atoms with Crippen LogP contribution in [0.15, 0.2) is 24.3 Å². The largest absolute Gasteiger partial charge is 0.573 e. The number of carbonyl (C=O) groups excluding carboxylic acids is 2. The van der Waals surface area contributed by atoms with Crippen molar-refractivity contribution in [2.45, 2.75) is 36.6 Å². The first kappa shape index (κ1) is 17.6. The fourth-order valence-corrected chi connectivity index (χ4v) is 5.11. The van der Waals surface area contributed by atoms with Crippen molar-refractivity contribution in [2.24, 2.45) is 11.8 Å². The van der Waals surface area contributed by atoms with Crippen LogP contribution in [0.5, 0.6) is 5.75 Å². The Morgan fingerprint density at radius 1 is 1.21 bits per heavy atom. The number of piperidine rings is 1. The summed E-state index contributed by atoms with van der Waals surface area (Å²) in [5, 5.41) is 2.79. The molecule has 4 fully saturated rings. The standard InChI is InChI=1S/C19H19F3N2O4/c20-19(21,22)28-14-3-1-12(2-4-14)18-7-13(18)8-24(9-18)15(25)11-5-17(6-11)10-27-16(26)23-17/h1-4,11,13H,5-10H2,(H,23,26). The molecule has 1 aromatic carbocycles. The van der Waals surface area contributed by atoms with Crippen LogP contribution in [-0.4, -0.2) is 48.5 Å². The Hall–Kier alpha value is -2.45. The van der Waals surface area contributed by atoms with Gasteiger partial charge in [-0.3, -0.25) is 4.79 Å². The molecule has 150 valence electrons. The van der Waals surface area contributed by atoms with E-state index in [1.807, 2.05) is 4.90 Å². The molecule has 6 nitrogen and oxygen atoms in total. The summed E-state index contributed by atoms with van der Waals surface area (Å²) >= 11 is 0. The van der Waals surface area contributed by atoms with Gasteiger partial charge < -0.3 is 19.7 Å². The lowest BCUT2D eigenvalue weighted by molar-refractivity contribution is -0.274. The zero-order chi connectivity index (χ0) is 19.7. The van der Waals surface area contributed by atoms with Gasteiger partial charge in [-0.2, -0.15) is 0 Å². The highest BCUT2D eigenvalue weighted by Gasteiger charge is 2.63. The summed E-state index contributed by atoms with van der Waals surface area (Å²) in [6.07, 6.45) is -3.01. The lowest BCUT2D eigenvalue weighted by Gasteiger charge is -2.43. The van der Waals surface area contributed by atoms with Crippen molar-refractivity contribution in [1.29, 1.82) is 0 Å². The fourth-order valence-electron chi connectivity index (χ4n) is 5.11. The topological polar surface area (TPSA) is 67.9 Å². The van der Waals surface area contributed by atoms with Gasteiger partial charge in [-0.15, -0.1) is 13.2 Å². The van der Waals surface area contributed by atoms with Crippen LogP contribution in [0.4, 0.5) is 18.0 Å². The molecule has 1 N–H and O–H groups in total. The molecule has 2 aliphatic heterocycles. The molecule has 0 aromatic heterocycles. The van der Waals surface area contributed by atoms with Gasteiger partial charge in [-0.1, -0.05) is 12.1 Å². The quantitative estimate of drug-likeness (QED) is 0.853. The molecule has 2 saturated heterocycles. The monoisotopic (exact) mass is 396 g/mol. The van der Waals surface area contributed by atoms with E-state index in [2.05, 4.69) is 10.1 Å². The molecule has 1 spiro atoms. The molecule has 2 heterocycles. The summed E-state index contributed by atoms with van der Waals surface area (Å²) in [7, 11) is 0. The number of alkyl carbamates (subject to hydrolysis) is 1. The smallest absolute Gasteiger partial charge is 0.447 e. The van der Waals surface area contributed by atoms with Crippen LogP contribution in [0.3, 0.4) is 0 Å². The Labute approximate surface area is 159 Å². The molecular weight excluding hydrogens is 377 g/mol. The maximum Gasteiger partial charge on any atom is 0.573 e. The van der Waals surface area contributed by atoms with Gasteiger partial charge in [-0.05, 0) is 42.9 Å². The highest BCUT2D eigenvalue weighted by atomic mass is 19.4. The van der Waals surface area contributed by atoms with Crippen molar-refractivity contribution < 1.29 is 32.2 Å². The third kappa shape index (κ3) is 2.79. The van der Waals surface area contributed by atoms with Gasteiger partial charge in [0, 0.05) is 24.4 Å². The predicted molar refractivity (Wildman–Crippen MR) is 89.4 cm³/mol. The number of fused-ring (bicyclic) bond motifs is 1. The number of carbonyl (C=O) groups is 2. The molecule has 2 aliphatic carbocycles. The van der Waals surface area contributed by atoms with Gasteiger partial charge in [0.15, 0.2) is 0 Å². The van der Waals surface area contributed by atoms with E-state index in [-0.39, 0.29) is 28.5 Å². The molecule has 2 atom stereocenters. The van der Waals surface area contributed by atoms with E-state index >= 15 is 0 Å². The molecule has 5 rings (SSSR count). The van der Waals surface area contributed by atoms with E-state index in [0.29, 0.717) is 38.5 Å². The lowest BCUT2D eigenvalue weighted by atomic mass is 9.68. The van der Waals surface area contributed by atoms with Crippen molar-refractivity contribution in [2.75, 3.05) is 19.7 Å². The van der Waals surface area contributed by atoms with Crippen LogP contribution in [0, 0.1) is 11.8 Å². The van der Waals surface area contributed by atoms with Crippen LogP contribution >= 0.6 is 0 Å². The molecule has 4 aliphatic rings. The molecule has 0 radical (unpaired) electrons. The Bertz CT molecular complexity index is 835. The minimum Gasteiger partial charge on any atom is -0.447 e. The number of alkyl halides is 3. The number of cyclic esters (lactones) is 1. The minimum absolute atomic E-state index is 0.0929. The molecule has 28 heavy (non-hydrogen) atoms. The summed E-state index contributed by atoms with van der Waals surface area (Å²) in [5.74, 6) is 0.0836. The lowest BCUT2D eigenvalue weighted by Crippen LogP contribution is -2.58. The number of nitrogens with one attached hydrogen (secondary N) is 1. The first-order valence-corrected chi connectivity index (χ1v) is 9.28. The van der Waals surface area contributed by atoms with Crippen LogP contribution in [0.2, 0.25) is 0 Å². The van der Waals surface area contributed by atoms with E-state index in [1.54, 1.807) is 12.1 Å². The van der Waals surface area contributed by atoms with Crippen molar-refractivity contribution in [1.82, 2.24) is 10.2 Å². The summed E-state index contributed by atoms with van der Waals surface area (Å²) in [6.45, 7) is 1.57. The second-order valence-corrected chi connectivity index (χ2v) is 8.43. The molecule has 1 aromatic rings. The zero-order valence-electron chi connectivity index (χ0n) is 14.9. The molecular formula is C19H19F3N2O4. The average Bonchev–Trinajstić information content (AvgIpc) is 2.96. The second-order valence-electron chi connectivity index (χ2n) is 8.43. The summed E-state index contributed by atoms with van der Waals surface area (Å²) in [4.78, 5) is 25.9. The van der Waals surface area contributed by atoms with Gasteiger partial charge in [0.25, 0.3) is 0 Å². The number of ether oxygens (including phenoxy) is 2. The van der Waals surface area contributed by atoms with Gasteiger partial charge in [0.1, 0.15) is 12.4 Å². The molecule has 2 amide bonds. The van der Waals surface area contributed by atoms with Gasteiger partial charge in [0.2, 0.25) is 5.91 Å². The number of hydrogen-bond donors (Lipinski definition) is 1. The number of benzene rings is 1. The van der Waals surface area contributed by atoms with E-state index in [9.17, 15) is 22.8 Å². The normalized spacial score (nSPS) is 35.8. The van der Waals surface area contributed by atoms with E-state index in [0.717, 1.165) is 12.0 Å². The Morgan fingerprint density at radius 3 is 2.54 bits per heavy atom. The summed E-state index contributed by atoms with van der Waals surface area (Å²) in [6, 6.07) is 5.99. The van der Waals surface area contributed by atoms with E-state index < -0.39 is 12.5 Å². The predicted octanol–water partition coefficient (Wildman–Crippen LogP) is 2.57. The van der Waals surface area contributed by atoms with Crippen molar-refractivity contribution in [3.05, 3.63) is 29.8 Å². The van der Waals surface area contributed by atoms with Crippen molar-refractivity contribution >= 4 is 12.0 Å². The van der Waals surface area contributed by atoms with Gasteiger partial charge in [0.05, 0.1) is 5.54 Å². The molecule has 2 unspecified atom stereocenters. The van der Waals surface area contributed by atoms with Crippen LogP contribution in [0.1, 0.15) is 24.8 Å². The van der Waals surface area contributed by atoms with Gasteiger partial charge >= 0.3 is 12.5 Å². The minimum atomic E-state index is -4.71. The van der Waals surface area contributed by atoms with E-state index in [1.165, 1.54) is 12.1 Å². The first-order chi connectivity index (χ1) is 13.2. The summed E-state index contributed by atoms with van der Waals surface area (Å²) in [5.41, 5.74) is 0.411. The first-order valence-electron chi connectivity index (χ1n) is 9.28. The Morgan fingerprint density at radius 2 is 1.93 bits per heavy atom. The van der Waals surface area contributed by atoms with Crippen molar-refractivity contribution in [3.8, 4) is 5.75 Å². The zero-order valence-corrected chi connectivity index (χ0v) is 14.9. The number of rotatable bonds is 3. The Balaban J connectivity index is 1.22. The average molecular weight is 396 g/mol. The highest BCUT2D eigenvalue weighted by Crippen LogP contribution is 2.59. The highest BCUT2D eigenvalue weighted by molar-refractivity contribution is 5.82. The maximum atomic E-state index is 12.8. The molecule has 0 bridgehead atoms. The number of nitrogens with zero attached hydrogens (tertiary/aromatic N) is 1. The molecule has 2 saturated carbocycles. The third-order valence-electron chi connectivity index (χ3n) is 6.59. The van der Waals surface area contributed by atoms with Crippen molar-refractivity contribution in [3.63, 3.8) is 0 Å². The number of hydrogen-bond acceptors (Lipinski definition) is 4. The summed E-state index contributed by atoms with van der Waals surface area (Å²) < 4.78 is 45.8. The van der Waals surface area contributed by atoms with Crippen LogP contribution in [0.25, 0.3) is 0 Å². The van der Waals surface area contributed by atoms with E-state index in [4.69, 9.17) is 4.74 Å². The Kier molecular flexibility index (Phi) is 3.49. The number of likely N-dealkylation sites (tertiary alicyclic amines) is 1. The second kappa shape index (κ2) is 5.55. The third-order valence-corrected chi connectivity index (χ3v) is 6.59. The maximum absolute atomic E-state index is 12.8.